The van der Waals surface area contributed by atoms with Gasteiger partial charge in [-0.2, -0.15) is 0 Å². The van der Waals surface area contributed by atoms with E-state index in [-0.39, 0.29) is 5.97 Å². The van der Waals surface area contributed by atoms with Gasteiger partial charge in [-0.3, -0.25) is 5.32 Å². The topological polar surface area (TPSA) is 38.3 Å². The quantitative estimate of drug-likeness (QED) is 0.858. The number of ether oxygens (including phenoxy) is 1. The zero-order valence-electron chi connectivity index (χ0n) is 9.37. The van der Waals surface area contributed by atoms with Gasteiger partial charge in [-0.1, -0.05) is 23.2 Å². The van der Waals surface area contributed by atoms with Gasteiger partial charge < -0.3 is 4.74 Å². The zero-order valence-corrected chi connectivity index (χ0v) is 10.9. The Morgan fingerprint density at radius 3 is 2.41 bits per heavy atom. The summed E-state index contributed by atoms with van der Waals surface area (Å²) in [7, 11) is 1.37. The Balaban J connectivity index is 2.26. The molecule has 1 aromatic carbocycles. The second-order valence-corrected chi connectivity index (χ2v) is 4.97. The number of nitrogens with one attached hydrogen (secondary N) is 1. The molecule has 0 radical (unpaired) electrons. The summed E-state index contributed by atoms with van der Waals surface area (Å²) in [6.45, 7) is 0. The van der Waals surface area contributed by atoms with Crippen LogP contribution in [0.1, 0.15) is 24.4 Å². The number of carbonyl (C=O) groups is 1. The van der Waals surface area contributed by atoms with Crippen LogP contribution in [0.25, 0.3) is 0 Å². The molecule has 0 bridgehead atoms. The van der Waals surface area contributed by atoms with Gasteiger partial charge in [-0.15, -0.1) is 0 Å². The lowest BCUT2D eigenvalue weighted by Crippen LogP contribution is -2.31. The lowest BCUT2D eigenvalue weighted by atomic mass is 10.1. The largest absolute Gasteiger partial charge is 0.468 e. The molecule has 0 amide bonds. The minimum absolute atomic E-state index is 0.324. The van der Waals surface area contributed by atoms with E-state index >= 15 is 0 Å². The summed E-state index contributed by atoms with van der Waals surface area (Å²) in [5.74, 6) is -0.324. The average molecular weight is 274 g/mol. The van der Waals surface area contributed by atoms with E-state index in [9.17, 15) is 4.79 Å². The highest BCUT2D eigenvalue weighted by Crippen LogP contribution is 2.28. The van der Waals surface area contributed by atoms with E-state index in [1.165, 1.54) is 7.11 Å². The monoisotopic (exact) mass is 273 g/mol. The summed E-state index contributed by atoms with van der Waals surface area (Å²) >= 11 is 11.9. The third-order valence-corrected chi connectivity index (χ3v) is 3.07. The van der Waals surface area contributed by atoms with Crippen LogP contribution >= 0.6 is 23.2 Å². The van der Waals surface area contributed by atoms with Crippen molar-refractivity contribution in [3.8, 4) is 0 Å². The molecule has 5 heteroatoms. The van der Waals surface area contributed by atoms with Crippen LogP contribution < -0.4 is 5.32 Å². The van der Waals surface area contributed by atoms with Crippen LogP contribution in [-0.4, -0.2) is 19.1 Å². The van der Waals surface area contributed by atoms with E-state index in [1.807, 2.05) is 0 Å². The molecule has 1 aliphatic rings. The summed E-state index contributed by atoms with van der Waals surface area (Å²) in [4.78, 5) is 11.7. The normalized spacial score (nSPS) is 16.6. The molecule has 3 nitrogen and oxygen atoms in total. The fourth-order valence-corrected chi connectivity index (χ4v) is 2.19. The number of carbonyl (C=O) groups excluding carboxylic acids is 1. The maximum absolute atomic E-state index is 11.7. The second-order valence-electron chi connectivity index (χ2n) is 4.10. The lowest BCUT2D eigenvalue weighted by Gasteiger charge is -2.17. The summed E-state index contributed by atoms with van der Waals surface area (Å²) in [6, 6.07) is 4.98. The minimum atomic E-state index is -0.497. The van der Waals surface area contributed by atoms with Gasteiger partial charge in [0, 0.05) is 16.1 Å². The van der Waals surface area contributed by atoms with E-state index in [1.54, 1.807) is 18.2 Å². The van der Waals surface area contributed by atoms with Crippen LogP contribution in [0.2, 0.25) is 10.0 Å². The highest BCUT2D eigenvalue weighted by atomic mass is 35.5. The Bertz CT molecular complexity index is 412. The zero-order chi connectivity index (χ0) is 12.4. The molecule has 1 saturated carbocycles. The molecule has 1 fully saturated rings. The number of methoxy groups -OCH3 is 1. The van der Waals surface area contributed by atoms with Crippen molar-refractivity contribution in [2.75, 3.05) is 7.11 Å². The van der Waals surface area contributed by atoms with Gasteiger partial charge in [0.1, 0.15) is 6.04 Å². The molecule has 1 atom stereocenters. The van der Waals surface area contributed by atoms with Crippen LogP contribution in [0.3, 0.4) is 0 Å². The number of halogens is 2. The summed E-state index contributed by atoms with van der Waals surface area (Å²) in [6.07, 6.45) is 2.17. The molecular weight excluding hydrogens is 261 g/mol. The SMILES string of the molecule is COC(=O)C(NC1CC1)c1cc(Cl)cc(Cl)c1. The molecular formula is C12H13Cl2NO2. The van der Waals surface area contributed by atoms with Crippen molar-refractivity contribution < 1.29 is 9.53 Å². The first-order valence-corrected chi connectivity index (χ1v) is 6.15. The van der Waals surface area contributed by atoms with Gasteiger partial charge in [0.15, 0.2) is 0 Å². The van der Waals surface area contributed by atoms with E-state index in [4.69, 9.17) is 27.9 Å². The molecule has 0 saturated heterocycles. The third kappa shape index (κ3) is 3.35. The van der Waals surface area contributed by atoms with Crippen LogP contribution in [-0.2, 0) is 9.53 Å². The van der Waals surface area contributed by atoms with Crippen LogP contribution in [0.5, 0.6) is 0 Å². The van der Waals surface area contributed by atoms with Crippen molar-refractivity contribution in [3.63, 3.8) is 0 Å². The standard InChI is InChI=1S/C12H13Cl2NO2/c1-17-12(16)11(15-10-2-3-10)7-4-8(13)6-9(14)5-7/h4-6,10-11,15H,2-3H2,1H3. The minimum Gasteiger partial charge on any atom is -0.468 e. The molecule has 92 valence electrons. The number of rotatable bonds is 4. The first-order chi connectivity index (χ1) is 8.10. The lowest BCUT2D eigenvalue weighted by molar-refractivity contribution is -0.143. The van der Waals surface area contributed by atoms with Crippen molar-refractivity contribution >= 4 is 29.2 Å². The van der Waals surface area contributed by atoms with Gasteiger partial charge in [-0.05, 0) is 36.6 Å². The predicted molar refractivity (Wildman–Crippen MR) is 67.4 cm³/mol. The Morgan fingerprint density at radius 2 is 1.94 bits per heavy atom. The first-order valence-electron chi connectivity index (χ1n) is 5.40. The maximum Gasteiger partial charge on any atom is 0.327 e. The van der Waals surface area contributed by atoms with E-state index in [2.05, 4.69) is 5.32 Å². The van der Waals surface area contributed by atoms with Gasteiger partial charge in [0.25, 0.3) is 0 Å². The molecule has 1 N–H and O–H groups in total. The van der Waals surface area contributed by atoms with Crippen molar-refractivity contribution in [2.45, 2.75) is 24.9 Å². The molecule has 1 aromatic rings. The molecule has 0 aliphatic heterocycles. The van der Waals surface area contributed by atoms with Crippen molar-refractivity contribution in [3.05, 3.63) is 33.8 Å². The predicted octanol–water partition coefficient (Wildman–Crippen LogP) is 2.96. The third-order valence-electron chi connectivity index (χ3n) is 2.63. The number of esters is 1. The van der Waals surface area contributed by atoms with Crippen LogP contribution in [0.15, 0.2) is 18.2 Å². The van der Waals surface area contributed by atoms with E-state index in [0.29, 0.717) is 16.1 Å². The van der Waals surface area contributed by atoms with Gasteiger partial charge in [0.2, 0.25) is 0 Å². The Labute approximate surface area is 110 Å². The first kappa shape index (κ1) is 12.7. The second kappa shape index (κ2) is 5.25. The number of hydrogen-bond donors (Lipinski definition) is 1. The molecule has 0 aromatic heterocycles. The molecule has 2 rings (SSSR count). The Hall–Kier alpha value is -0.770. The summed E-state index contributed by atoms with van der Waals surface area (Å²) in [5.41, 5.74) is 0.737. The van der Waals surface area contributed by atoms with Crippen molar-refractivity contribution in [1.82, 2.24) is 5.32 Å². The summed E-state index contributed by atoms with van der Waals surface area (Å²) in [5, 5.41) is 4.25. The van der Waals surface area contributed by atoms with Crippen molar-refractivity contribution in [1.29, 1.82) is 0 Å². The summed E-state index contributed by atoms with van der Waals surface area (Å²) < 4.78 is 4.79. The fraction of sp³-hybridized carbons (Fsp3) is 0.417. The Morgan fingerprint density at radius 1 is 1.35 bits per heavy atom. The van der Waals surface area contributed by atoms with Crippen LogP contribution in [0, 0.1) is 0 Å². The molecule has 0 heterocycles. The number of hydrogen-bond acceptors (Lipinski definition) is 3. The maximum atomic E-state index is 11.7. The van der Waals surface area contributed by atoms with Gasteiger partial charge >= 0.3 is 5.97 Å². The average Bonchev–Trinajstić information content (AvgIpc) is 3.07. The fourth-order valence-electron chi connectivity index (χ4n) is 1.65. The highest BCUT2D eigenvalue weighted by Gasteiger charge is 2.30. The Kier molecular flexibility index (Phi) is 3.92. The van der Waals surface area contributed by atoms with Gasteiger partial charge in [-0.25, -0.2) is 4.79 Å². The molecule has 17 heavy (non-hydrogen) atoms. The molecule has 0 spiro atoms. The van der Waals surface area contributed by atoms with E-state index < -0.39 is 6.04 Å². The molecule has 1 aliphatic carbocycles. The van der Waals surface area contributed by atoms with Crippen LogP contribution in [0.4, 0.5) is 0 Å². The number of benzene rings is 1. The highest BCUT2D eigenvalue weighted by molar-refractivity contribution is 6.34. The molecule has 1 unspecified atom stereocenters. The smallest absolute Gasteiger partial charge is 0.327 e. The van der Waals surface area contributed by atoms with Gasteiger partial charge in [0.05, 0.1) is 7.11 Å². The van der Waals surface area contributed by atoms with Crippen molar-refractivity contribution in [2.24, 2.45) is 0 Å². The van der Waals surface area contributed by atoms with E-state index in [0.717, 1.165) is 18.4 Å².